The molecular weight excluding hydrogens is 382 g/mol. The number of carbonyl (C=O) groups is 2. The maximum atomic E-state index is 12.6. The molecule has 3 rings (SSSR count). The highest BCUT2D eigenvalue weighted by molar-refractivity contribution is 6.31. The van der Waals surface area contributed by atoms with E-state index in [0.29, 0.717) is 10.7 Å². The number of rotatable bonds is 5. The van der Waals surface area contributed by atoms with Crippen LogP contribution in [-0.4, -0.2) is 16.7 Å². The summed E-state index contributed by atoms with van der Waals surface area (Å²) < 4.78 is 0. The summed E-state index contributed by atoms with van der Waals surface area (Å²) in [5, 5.41) is 16.7. The highest BCUT2D eigenvalue weighted by Crippen LogP contribution is 2.21. The summed E-state index contributed by atoms with van der Waals surface area (Å²) in [6.45, 7) is 0. The van der Waals surface area contributed by atoms with Gasteiger partial charge in [0.25, 0.3) is 17.5 Å². The van der Waals surface area contributed by atoms with Crippen LogP contribution in [0.4, 0.5) is 17.1 Å². The van der Waals surface area contributed by atoms with Crippen molar-refractivity contribution in [2.75, 3.05) is 10.6 Å². The van der Waals surface area contributed by atoms with Gasteiger partial charge < -0.3 is 10.6 Å². The van der Waals surface area contributed by atoms with Gasteiger partial charge in [0.15, 0.2) is 0 Å². The molecule has 0 aliphatic heterocycles. The van der Waals surface area contributed by atoms with Crippen molar-refractivity contribution in [1.82, 2.24) is 0 Å². The van der Waals surface area contributed by atoms with Crippen molar-refractivity contribution >= 4 is 40.5 Å². The van der Waals surface area contributed by atoms with Crippen LogP contribution in [0, 0.1) is 10.1 Å². The second kappa shape index (κ2) is 8.32. The molecule has 0 unspecified atom stereocenters. The van der Waals surface area contributed by atoms with Gasteiger partial charge in [0.05, 0.1) is 16.2 Å². The second-order valence-corrected chi connectivity index (χ2v) is 6.21. The number of nitro groups is 1. The summed E-state index contributed by atoms with van der Waals surface area (Å²) in [5.74, 6) is -0.996. The van der Waals surface area contributed by atoms with Gasteiger partial charge in [0, 0.05) is 28.4 Å². The number of nitro benzene ring substituents is 1. The third-order valence-electron chi connectivity index (χ3n) is 3.82. The lowest BCUT2D eigenvalue weighted by atomic mass is 10.1. The lowest BCUT2D eigenvalue weighted by Gasteiger charge is -2.12. The summed E-state index contributed by atoms with van der Waals surface area (Å²) in [4.78, 5) is 35.4. The third-order valence-corrected chi connectivity index (χ3v) is 4.06. The highest BCUT2D eigenvalue weighted by Gasteiger charge is 2.16. The first kappa shape index (κ1) is 19.1. The lowest BCUT2D eigenvalue weighted by molar-refractivity contribution is -0.384. The van der Waals surface area contributed by atoms with Crippen molar-refractivity contribution in [2.45, 2.75) is 0 Å². The molecule has 0 radical (unpaired) electrons. The largest absolute Gasteiger partial charge is 0.322 e. The van der Waals surface area contributed by atoms with E-state index in [1.165, 1.54) is 24.3 Å². The van der Waals surface area contributed by atoms with Crippen LogP contribution in [0.25, 0.3) is 0 Å². The number of nitrogens with one attached hydrogen (secondary N) is 2. The Bertz CT molecular complexity index is 1070. The van der Waals surface area contributed by atoms with E-state index in [4.69, 9.17) is 11.6 Å². The molecular formula is C20H14ClN3O4. The fraction of sp³-hybridized carbons (Fsp3) is 0. The lowest BCUT2D eigenvalue weighted by Crippen LogP contribution is -2.18. The number of halogens is 1. The number of anilines is 2. The number of hydrogen-bond acceptors (Lipinski definition) is 4. The smallest absolute Gasteiger partial charge is 0.270 e. The molecule has 0 aliphatic rings. The van der Waals surface area contributed by atoms with Gasteiger partial charge in [-0.3, -0.25) is 19.7 Å². The predicted molar refractivity (Wildman–Crippen MR) is 107 cm³/mol. The summed E-state index contributed by atoms with van der Waals surface area (Å²) in [6, 6.07) is 18.5. The normalized spacial score (nSPS) is 10.2. The summed E-state index contributed by atoms with van der Waals surface area (Å²) >= 11 is 5.92. The monoisotopic (exact) mass is 395 g/mol. The summed E-state index contributed by atoms with van der Waals surface area (Å²) in [7, 11) is 0. The molecule has 0 heterocycles. The Morgan fingerprint density at radius 2 is 1.61 bits per heavy atom. The van der Waals surface area contributed by atoms with E-state index >= 15 is 0 Å². The van der Waals surface area contributed by atoms with Crippen LogP contribution < -0.4 is 10.6 Å². The fourth-order valence-electron chi connectivity index (χ4n) is 2.51. The van der Waals surface area contributed by atoms with Crippen molar-refractivity contribution in [2.24, 2.45) is 0 Å². The van der Waals surface area contributed by atoms with Crippen molar-refractivity contribution < 1.29 is 14.5 Å². The van der Waals surface area contributed by atoms with E-state index in [-0.39, 0.29) is 22.5 Å². The molecule has 0 saturated heterocycles. The molecule has 2 amide bonds. The zero-order valence-corrected chi connectivity index (χ0v) is 15.1. The highest BCUT2D eigenvalue weighted by atomic mass is 35.5. The molecule has 140 valence electrons. The van der Waals surface area contributed by atoms with Crippen molar-refractivity contribution in [1.29, 1.82) is 0 Å². The Hall–Kier alpha value is -3.71. The molecule has 3 aromatic rings. The van der Waals surface area contributed by atoms with Crippen LogP contribution >= 0.6 is 11.6 Å². The zero-order chi connectivity index (χ0) is 20.1. The summed E-state index contributed by atoms with van der Waals surface area (Å²) in [5.41, 5.74) is 0.941. The summed E-state index contributed by atoms with van der Waals surface area (Å²) in [6.07, 6.45) is 0. The molecule has 0 aromatic heterocycles. The van der Waals surface area contributed by atoms with Gasteiger partial charge in [0.2, 0.25) is 0 Å². The first-order chi connectivity index (χ1) is 13.4. The Labute approximate surface area is 165 Å². The maximum absolute atomic E-state index is 12.6. The number of non-ortho nitro benzene ring substituents is 1. The van der Waals surface area contributed by atoms with Gasteiger partial charge in [-0.1, -0.05) is 35.9 Å². The number of nitrogens with zero attached hydrogens (tertiary/aromatic N) is 1. The quantitative estimate of drug-likeness (QED) is 0.480. The molecule has 7 nitrogen and oxygen atoms in total. The SMILES string of the molecule is O=C(Nc1ccccc1C(=O)Nc1cccc(Cl)c1)c1cccc([N+](=O)[O-])c1. The van der Waals surface area contributed by atoms with E-state index < -0.39 is 16.7 Å². The third kappa shape index (κ3) is 4.52. The van der Waals surface area contributed by atoms with Crippen LogP contribution in [0.3, 0.4) is 0 Å². The number of amides is 2. The topological polar surface area (TPSA) is 101 Å². The Balaban J connectivity index is 1.82. The number of carbonyl (C=O) groups excluding carboxylic acids is 2. The van der Waals surface area contributed by atoms with Gasteiger partial charge in [-0.05, 0) is 36.4 Å². The molecule has 8 heteroatoms. The van der Waals surface area contributed by atoms with Crippen LogP contribution in [0.2, 0.25) is 5.02 Å². The molecule has 3 aromatic carbocycles. The number of para-hydroxylation sites is 1. The molecule has 0 saturated carbocycles. The first-order valence-corrected chi connectivity index (χ1v) is 8.53. The maximum Gasteiger partial charge on any atom is 0.270 e. The minimum absolute atomic E-state index is 0.110. The molecule has 28 heavy (non-hydrogen) atoms. The van der Waals surface area contributed by atoms with E-state index in [0.717, 1.165) is 0 Å². The van der Waals surface area contributed by atoms with Crippen molar-refractivity contribution in [3.8, 4) is 0 Å². The van der Waals surface area contributed by atoms with Crippen molar-refractivity contribution in [3.05, 3.63) is 99.1 Å². The minimum atomic E-state index is -0.580. The molecule has 0 atom stereocenters. The van der Waals surface area contributed by atoms with Crippen LogP contribution in [0.15, 0.2) is 72.8 Å². The second-order valence-electron chi connectivity index (χ2n) is 5.77. The molecule has 2 N–H and O–H groups in total. The van der Waals surface area contributed by atoms with Crippen LogP contribution in [-0.2, 0) is 0 Å². The number of benzene rings is 3. The minimum Gasteiger partial charge on any atom is -0.322 e. The standard InChI is InChI=1S/C20H14ClN3O4/c21-14-6-4-7-15(12-14)22-20(26)17-9-1-2-10-18(17)23-19(25)13-5-3-8-16(11-13)24(27)28/h1-12H,(H,22,26)(H,23,25). The Morgan fingerprint density at radius 1 is 0.857 bits per heavy atom. The molecule has 0 aliphatic carbocycles. The predicted octanol–water partition coefficient (Wildman–Crippen LogP) is 4.75. The van der Waals surface area contributed by atoms with Gasteiger partial charge in [-0.15, -0.1) is 0 Å². The van der Waals surface area contributed by atoms with Crippen molar-refractivity contribution in [3.63, 3.8) is 0 Å². The number of hydrogen-bond donors (Lipinski definition) is 2. The molecule has 0 bridgehead atoms. The average molecular weight is 396 g/mol. The van der Waals surface area contributed by atoms with E-state index in [9.17, 15) is 19.7 Å². The first-order valence-electron chi connectivity index (χ1n) is 8.16. The van der Waals surface area contributed by atoms with E-state index in [1.807, 2.05) is 0 Å². The average Bonchev–Trinajstić information content (AvgIpc) is 2.68. The van der Waals surface area contributed by atoms with E-state index in [2.05, 4.69) is 10.6 Å². The fourth-order valence-corrected chi connectivity index (χ4v) is 2.70. The van der Waals surface area contributed by atoms with Gasteiger partial charge in [0.1, 0.15) is 0 Å². The zero-order valence-electron chi connectivity index (χ0n) is 14.4. The van der Waals surface area contributed by atoms with Gasteiger partial charge in [-0.2, -0.15) is 0 Å². The Kier molecular flexibility index (Phi) is 5.67. The van der Waals surface area contributed by atoms with Gasteiger partial charge >= 0.3 is 0 Å². The Morgan fingerprint density at radius 3 is 2.36 bits per heavy atom. The molecule has 0 fully saturated rings. The van der Waals surface area contributed by atoms with E-state index in [1.54, 1.807) is 48.5 Å². The van der Waals surface area contributed by atoms with Crippen LogP contribution in [0.5, 0.6) is 0 Å². The molecule has 0 spiro atoms. The van der Waals surface area contributed by atoms with Crippen LogP contribution in [0.1, 0.15) is 20.7 Å². The van der Waals surface area contributed by atoms with Gasteiger partial charge in [-0.25, -0.2) is 0 Å².